The molecule has 0 saturated heterocycles. The summed E-state index contributed by atoms with van der Waals surface area (Å²) in [5.74, 6) is 0.785. The van der Waals surface area contributed by atoms with Gasteiger partial charge in [-0.3, -0.25) is 9.40 Å². The highest BCUT2D eigenvalue weighted by molar-refractivity contribution is 7.92. The standard InChI is InChI=1S/C14H15N3O3S/c1-9-6-11-7-12(4-5-13(11)20-9)16-21(18,19)14-8-17(3)15-10(14)2/h4-8,16H,1-3H3. The van der Waals surface area contributed by atoms with Gasteiger partial charge in [0.2, 0.25) is 0 Å². The minimum Gasteiger partial charge on any atom is -0.461 e. The van der Waals surface area contributed by atoms with Crippen LogP contribution in [0.2, 0.25) is 0 Å². The Balaban J connectivity index is 1.98. The van der Waals surface area contributed by atoms with Gasteiger partial charge in [0, 0.05) is 24.3 Å². The molecule has 2 aromatic heterocycles. The molecule has 0 aliphatic carbocycles. The molecule has 0 bridgehead atoms. The van der Waals surface area contributed by atoms with Gasteiger partial charge < -0.3 is 4.42 Å². The molecule has 0 aliphatic heterocycles. The van der Waals surface area contributed by atoms with E-state index in [2.05, 4.69) is 9.82 Å². The molecule has 7 heteroatoms. The lowest BCUT2D eigenvalue weighted by Crippen LogP contribution is -2.13. The molecule has 2 heterocycles. The number of rotatable bonds is 3. The minimum absolute atomic E-state index is 0.175. The first kappa shape index (κ1) is 13.7. The Kier molecular flexibility index (Phi) is 3.02. The van der Waals surface area contributed by atoms with Gasteiger partial charge in [-0.05, 0) is 38.1 Å². The van der Waals surface area contributed by atoms with Crippen LogP contribution in [0, 0.1) is 13.8 Å². The van der Waals surface area contributed by atoms with E-state index in [4.69, 9.17) is 4.42 Å². The average Bonchev–Trinajstić information content (AvgIpc) is 2.90. The van der Waals surface area contributed by atoms with E-state index < -0.39 is 10.0 Å². The Morgan fingerprint density at radius 2 is 2.00 bits per heavy atom. The fourth-order valence-corrected chi connectivity index (χ4v) is 3.56. The summed E-state index contributed by atoms with van der Waals surface area (Å²) in [5.41, 5.74) is 1.68. The predicted octanol–water partition coefficient (Wildman–Crippen LogP) is 2.58. The number of aryl methyl sites for hydroxylation is 3. The van der Waals surface area contributed by atoms with Gasteiger partial charge in [0.25, 0.3) is 10.0 Å². The SMILES string of the molecule is Cc1cc2cc(NS(=O)(=O)c3cn(C)nc3C)ccc2o1. The number of nitrogens with one attached hydrogen (secondary N) is 1. The molecule has 1 N–H and O–H groups in total. The van der Waals surface area contributed by atoms with E-state index in [0.717, 1.165) is 16.7 Å². The number of furan rings is 1. The number of hydrogen-bond donors (Lipinski definition) is 1. The smallest absolute Gasteiger partial charge is 0.265 e. The molecule has 0 unspecified atom stereocenters. The molecular formula is C14H15N3O3S. The summed E-state index contributed by atoms with van der Waals surface area (Å²) in [5, 5.41) is 4.91. The maximum absolute atomic E-state index is 12.4. The molecule has 0 aliphatic rings. The van der Waals surface area contributed by atoms with Crippen molar-refractivity contribution in [1.29, 1.82) is 0 Å². The maximum atomic E-state index is 12.4. The molecule has 110 valence electrons. The zero-order valence-corrected chi connectivity index (χ0v) is 12.7. The predicted molar refractivity (Wildman–Crippen MR) is 79.7 cm³/mol. The normalized spacial score (nSPS) is 12.0. The molecule has 1 aromatic carbocycles. The number of hydrogen-bond acceptors (Lipinski definition) is 4. The second-order valence-corrected chi connectivity index (χ2v) is 6.62. The Bertz CT molecular complexity index is 922. The second kappa shape index (κ2) is 4.63. The maximum Gasteiger partial charge on any atom is 0.265 e. The van der Waals surface area contributed by atoms with Gasteiger partial charge in [-0.2, -0.15) is 5.10 Å². The molecule has 21 heavy (non-hydrogen) atoms. The van der Waals surface area contributed by atoms with Gasteiger partial charge in [0.1, 0.15) is 16.2 Å². The molecule has 0 saturated carbocycles. The van der Waals surface area contributed by atoms with Gasteiger partial charge in [-0.1, -0.05) is 0 Å². The van der Waals surface area contributed by atoms with Crippen LogP contribution in [0.15, 0.2) is 39.8 Å². The average molecular weight is 305 g/mol. The first-order chi connectivity index (χ1) is 9.85. The number of benzene rings is 1. The van der Waals surface area contributed by atoms with E-state index in [0.29, 0.717) is 11.4 Å². The van der Waals surface area contributed by atoms with Crippen molar-refractivity contribution in [3.05, 3.63) is 41.9 Å². The summed E-state index contributed by atoms with van der Waals surface area (Å²) in [6.07, 6.45) is 1.48. The molecule has 0 radical (unpaired) electrons. The lowest BCUT2D eigenvalue weighted by molar-refractivity contribution is 0.578. The van der Waals surface area contributed by atoms with E-state index >= 15 is 0 Å². The van der Waals surface area contributed by atoms with Crippen molar-refractivity contribution in [2.24, 2.45) is 7.05 Å². The summed E-state index contributed by atoms with van der Waals surface area (Å²) in [4.78, 5) is 0.175. The van der Waals surface area contributed by atoms with Crippen molar-refractivity contribution in [3.63, 3.8) is 0 Å². The summed E-state index contributed by atoms with van der Waals surface area (Å²) >= 11 is 0. The summed E-state index contributed by atoms with van der Waals surface area (Å²) in [7, 11) is -1.96. The molecule has 6 nitrogen and oxygen atoms in total. The Morgan fingerprint density at radius 3 is 2.67 bits per heavy atom. The summed E-state index contributed by atoms with van der Waals surface area (Å²) in [6.45, 7) is 3.51. The second-order valence-electron chi connectivity index (χ2n) is 4.97. The third-order valence-electron chi connectivity index (χ3n) is 3.15. The molecule has 3 aromatic rings. The summed E-state index contributed by atoms with van der Waals surface area (Å²) in [6, 6.07) is 7.03. The van der Waals surface area contributed by atoms with Gasteiger partial charge >= 0.3 is 0 Å². The molecule has 3 rings (SSSR count). The highest BCUT2D eigenvalue weighted by Crippen LogP contribution is 2.24. The van der Waals surface area contributed by atoms with E-state index in [9.17, 15) is 8.42 Å². The quantitative estimate of drug-likeness (QED) is 0.807. The van der Waals surface area contributed by atoms with Crippen LogP contribution >= 0.6 is 0 Å². The largest absolute Gasteiger partial charge is 0.461 e. The van der Waals surface area contributed by atoms with Crippen LogP contribution in [0.25, 0.3) is 11.0 Å². The number of aromatic nitrogens is 2. The number of nitrogens with zero attached hydrogens (tertiary/aromatic N) is 2. The lowest BCUT2D eigenvalue weighted by atomic mass is 10.2. The lowest BCUT2D eigenvalue weighted by Gasteiger charge is -2.06. The van der Waals surface area contributed by atoms with Crippen LogP contribution in [0.1, 0.15) is 11.5 Å². The number of fused-ring (bicyclic) bond motifs is 1. The fraction of sp³-hybridized carbons (Fsp3) is 0.214. The molecular weight excluding hydrogens is 290 g/mol. The first-order valence-corrected chi connectivity index (χ1v) is 7.87. The van der Waals surface area contributed by atoms with Crippen molar-refractivity contribution in [1.82, 2.24) is 9.78 Å². The Hall–Kier alpha value is -2.28. The van der Waals surface area contributed by atoms with E-state index in [1.54, 1.807) is 32.2 Å². The summed E-state index contributed by atoms with van der Waals surface area (Å²) < 4.78 is 34.3. The Labute approximate surface area is 122 Å². The van der Waals surface area contributed by atoms with Crippen LogP contribution in [0.4, 0.5) is 5.69 Å². The van der Waals surface area contributed by atoms with E-state index in [1.165, 1.54) is 10.9 Å². The van der Waals surface area contributed by atoms with Crippen molar-refractivity contribution < 1.29 is 12.8 Å². The number of sulfonamides is 1. The molecule has 0 fully saturated rings. The van der Waals surface area contributed by atoms with Crippen molar-refractivity contribution in [2.75, 3.05) is 4.72 Å². The van der Waals surface area contributed by atoms with Crippen molar-refractivity contribution in [2.45, 2.75) is 18.7 Å². The monoisotopic (exact) mass is 305 g/mol. The zero-order chi connectivity index (χ0) is 15.2. The van der Waals surface area contributed by atoms with Crippen LogP contribution in [-0.4, -0.2) is 18.2 Å². The van der Waals surface area contributed by atoms with Crippen LogP contribution < -0.4 is 4.72 Å². The van der Waals surface area contributed by atoms with Gasteiger partial charge in [0.05, 0.1) is 5.69 Å². The topological polar surface area (TPSA) is 77.1 Å². The first-order valence-electron chi connectivity index (χ1n) is 6.38. The number of anilines is 1. The van der Waals surface area contributed by atoms with E-state index in [1.807, 2.05) is 13.0 Å². The molecule has 0 spiro atoms. The van der Waals surface area contributed by atoms with Gasteiger partial charge in [-0.25, -0.2) is 8.42 Å². The van der Waals surface area contributed by atoms with Crippen LogP contribution in [0.3, 0.4) is 0 Å². The fourth-order valence-electron chi connectivity index (χ4n) is 2.29. The van der Waals surface area contributed by atoms with Crippen molar-refractivity contribution >= 4 is 26.7 Å². The molecule has 0 atom stereocenters. The van der Waals surface area contributed by atoms with Gasteiger partial charge in [0.15, 0.2) is 0 Å². The van der Waals surface area contributed by atoms with Crippen molar-refractivity contribution in [3.8, 4) is 0 Å². The highest BCUT2D eigenvalue weighted by atomic mass is 32.2. The van der Waals surface area contributed by atoms with Crippen LogP contribution in [0.5, 0.6) is 0 Å². The molecule has 0 amide bonds. The third-order valence-corrected chi connectivity index (χ3v) is 4.63. The zero-order valence-electron chi connectivity index (χ0n) is 11.9. The third kappa shape index (κ3) is 2.52. The van der Waals surface area contributed by atoms with E-state index in [-0.39, 0.29) is 4.90 Å². The minimum atomic E-state index is -3.65. The van der Waals surface area contributed by atoms with Crippen LogP contribution in [-0.2, 0) is 17.1 Å². The highest BCUT2D eigenvalue weighted by Gasteiger charge is 2.20. The Morgan fingerprint density at radius 1 is 1.24 bits per heavy atom. The van der Waals surface area contributed by atoms with Gasteiger partial charge in [-0.15, -0.1) is 0 Å².